The van der Waals surface area contributed by atoms with Crippen LogP contribution in [0.3, 0.4) is 0 Å². The Morgan fingerprint density at radius 3 is 2.27 bits per heavy atom. The standard InChI is InChI=1S/C24H35N5O/c1-6-25-24(26-16-19-11-13-22(14-12-19)23(30)28(3)4)27-17-20-9-8-10-21(15-20)18-29(5)7-2/h8-15H,6-7,16-18H2,1-5H3,(H2,25,26,27). The molecule has 0 spiro atoms. The molecule has 162 valence electrons. The van der Waals surface area contributed by atoms with E-state index in [4.69, 9.17) is 4.99 Å². The molecule has 2 rings (SSSR count). The fourth-order valence-corrected chi connectivity index (χ4v) is 2.97. The van der Waals surface area contributed by atoms with Gasteiger partial charge >= 0.3 is 0 Å². The third-order valence-electron chi connectivity index (χ3n) is 4.81. The van der Waals surface area contributed by atoms with Crippen LogP contribution in [-0.2, 0) is 19.6 Å². The van der Waals surface area contributed by atoms with Crippen molar-refractivity contribution in [2.45, 2.75) is 33.5 Å². The summed E-state index contributed by atoms with van der Waals surface area (Å²) in [6, 6.07) is 16.3. The van der Waals surface area contributed by atoms with Gasteiger partial charge in [0.2, 0.25) is 0 Å². The zero-order valence-electron chi connectivity index (χ0n) is 18.9. The monoisotopic (exact) mass is 409 g/mol. The molecule has 0 unspecified atom stereocenters. The van der Waals surface area contributed by atoms with Crippen LogP contribution in [0.25, 0.3) is 0 Å². The van der Waals surface area contributed by atoms with Crippen LogP contribution in [0, 0.1) is 0 Å². The van der Waals surface area contributed by atoms with Crippen molar-refractivity contribution in [2.75, 3.05) is 34.2 Å². The summed E-state index contributed by atoms with van der Waals surface area (Å²) in [5.74, 6) is 0.791. The number of benzene rings is 2. The minimum absolute atomic E-state index is 0.0109. The van der Waals surface area contributed by atoms with Crippen molar-refractivity contribution in [1.29, 1.82) is 0 Å². The molecule has 2 aromatic carbocycles. The minimum Gasteiger partial charge on any atom is -0.357 e. The minimum atomic E-state index is 0.0109. The highest BCUT2D eigenvalue weighted by Gasteiger charge is 2.07. The topological polar surface area (TPSA) is 60.0 Å². The molecule has 1 amide bonds. The summed E-state index contributed by atoms with van der Waals surface area (Å²) in [5, 5.41) is 6.66. The van der Waals surface area contributed by atoms with Gasteiger partial charge in [-0.2, -0.15) is 0 Å². The van der Waals surface area contributed by atoms with Gasteiger partial charge in [-0.1, -0.05) is 43.3 Å². The Hall–Kier alpha value is -2.86. The molecule has 2 aromatic rings. The number of nitrogens with one attached hydrogen (secondary N) is 2. The average molecular weight is 410 g/mol. The van der Waals surface area contributed by atoms with Crippen LogP contribution in [0.5, 0.6) is 0 Å². The highest BCUT2D eigenvalue weighted by atomic mass is 16.2. The first-order valence-corrected chi connectivity index (χ1v) is 10.5. The lowest BCUT2D eigenvalue weighted by Gasteiger charge is -2.15. The van der Waals surface area contributed by atoms with Gasteiger partial charge in [0.1, 0.15) is 0 Å². The number of rotatable bonds is 9. The maximum absolute atomic E-state index is 12.0. The number of hydrogen-bond acceptors (Lipinski definition) is 3. The summed E-state index contributed by atoms with van der Waals surface area (Å²) in [5.41, 5.74) is 4.29. The van der Waals surface area contributed by atoms with Crippen LogP contribution in [0.1, 0.15) is 40.9 Å². The second-order valence-corrected chi connectivity index (χ2v) is 7.60. The smallest absolute Gasteiger partial charge is 0.253 e. The van der Waals surface area contributed by atoms with Crippen molar-refractivity contribution in [2.24, 2.45) is 4.99 Å². The molecule has 0 bridgehead atoms. The van der Waals surface area contributed by atoms with Crippen molar-refractivity contribution in [3.8, 4) is 0 Å². The van der Waals surface area contributed by atoms with Crippen LogP contribution >= 0.6 is 0 Å². The maximum atomic E-state index is 12.0. The number of nitrogens with zero attached hydrogens (tertiary/aromatic N) is 3. The summed E-state index contributed by atoms with van der Waals surface area (Å²) >= 11 is 0. The Morgan fingerprint density at radius 2 is 1.63 bits per heavy atom. The van der Waals surface area contributed by atoms with E-state index in [1.54, 1.807) is 19.0 Å². The van der Waals surface area contributed by atoms with E-state index in [-0.39, 0.29) is 5.91 Å². The van der Waals surface area contributed by atoms with Crippen LogP contribution in [0.15, 0.2) is 53.5 Å². The maximum Gasteiger partial charge on any atom is 0.253 e. The van der Waals surface area contributed by atoms with E-state index in [2.05, 4.69) is 60.7 Å². The molecular weight excluding hydrogens is 374 g/mol. The fraction of sp³-hybridized carbons (Fsp3) is 0.417. The fourth-order valence-electron chi connectivity index (χ4n) is 2.97. The molecule has 0 saturated carbocycles. The number of carbonyl (C=O) groups is 1. The van der Waals surface area contributed by atoms with Crippen LogP contribution in [-0.4, -0.2) is 55.9 Å². The molecule has 0 radical (unpaired) electrons. The third kappa shape index (κ3) is 7.52. The Labute approximate surface area is 181 Å². The van der Waals surface area contributed by atoms with Crippen molar-refractivity contribution < 1.29 is 4.79 Å². The normalized spacial score (nSPS) is 11.5. The number of aliphatic imine (C=N–C) groups is 1. The first-order chi connectivity index (χ1) is 14.4. The molecule has 0 heterocycles. The SMILES string of the molecule is CCNC(=NCc1cccc(CN(C)CC)c1)NCc1ccc(C(=O)N(C)C)cc1. The Bertz CT molecular complexity index is 830. The first kappa shape index (κ1) is 23.4. The zero-order valence-corrected chi connectivity index (χ0v) is 18.9. The van der Waals surface area contributed by atoms with E-state index in [9.17, 15) is 4.79 Å². The largest absolute Gasteiger partial charge is 0.357 e. The highest BCUT2D eigenvalue weighted by Crippen LogP contribution is 2.09. The summed E-state index contributed by atoms with van der Waals surface area (Å²) in [6.45, 7) is 8.25. The number of carbonyl (C=O) groups excluding carboxylic acids is 1. The summed E-state index contributed by atoms with van der Waals surface area (Å²) in [7, 11) is 5.64. The molecule has 0 aliphatic carbocycles. The lowest BCUT2D eigenvalue weighted by atomic mass is 10.1. The second kappa shape index (κ2) is 12.0. The lowest BCUT2D eigenvalue weighted by Crippen LogP contribution is -2.36. The van der Waals surface area contributed by atoms with Crippen molar-refractivity contribution in [3.63, 3.8) is 0 Å². The van der Waals surface area contributed by atoms with Crippen LogP contribution in [0.4, 0.5) is 0 Å². The van der Waals surface area contributed by atoms with Gasteiger partial charge in [-0.25, -0.2) is 4.99 Å². The Kier molecular flexibility index (Phi) is 9.35. The Balaban J connectivity index is 1.98. The van der Waals surface area contributed by atoms with Gasteiger partial charge < -0.3 is 20.4 Å². The average Bonchev–Trinajstić information content (AvgIpc) is 2.75. The highest BCUT2D eigenvalue weighted by molar-refractivity contribution is 5.93. The molecule has 6 nitrogen and oxygen atoms in total. The molecule has 0 saturated heterocycles. The third-order valence-corrected chi connectivity index (χ3v) is 4.81. The van der Waals surface area contributed by atoms with Gasteiger partial charge in [-0.05, 0) is 49.3 Å². The molecule has 2 N–H and O–H groups in total. The second-order valence-electron chi connectivity index (χ2n) is 7.60. The van der Waals surface area contributed by atoms with E-state index in [1.165, 1.54) is 11.1 Å². The molecular formula is C24H35N5O. The summed E-state index contributed by atoms with van der Waals surface area (Å²) in [6.07, 6.45) is 0. The predicted molar refractivity (Wildman–Crippen MR) is 125 cm³/mol. The zero-order chi connectivity index (χ0) is 21.9. The number of hydrogen-bond donors (Lipinski definition) is 2. The quantitative estimate of drug-likeness (QED) is 0.494. The van der Waals surface area contributed by atoms with E-state index < -0.39 is 0 Å². The van der Waals surface area contributed by atoms with E-state index >= 15 is 0 Å². The van der Waals surface area contributed by atoms with Crippen LogP contribution < -0.4 is 10.6 Å². The molecule has 30 heavy (non-hydrogen) atoms. The molecule has 0 aromatic heterocycles. The van der Waals surface area contributed by atoms with Gasteiger partial charge in [0, 0.05) is 39.3 Å². The number of amides is 1. The Morgan fingerprint density at radius 1 is 0.933 bits per heavy atom. The van der Waals surface area contributed by atoms with Crippen molar-refractivity contribution in [3.05, 3.63) is 70.8 Å². The summed E-state index contributed by atoms with van der Waals surface area (Å²) < 4.78 is 0. The molecule has 0 aliphatic rings. The van der Waals surface area contributed by atoms with E-state index in [0.717, 1.165) is 31.2 Å². The van der Waals surface area contributed by atoms with E-state index in [1.807, 2.05) is 24.3 Å². The van der Waals surface area contributed by atoms with E-state index in [0.29, 0.717) is 18.7 Å². The lowest BCUT2D eigenvalue weighted by molar-refractivity contribution is 0.0827. The molecule has 0 fully saturated rings. The van der Waals surface area contributed by atoms with Crippen LogP contribution in [0.2, 0.25) is 0 Å². The van der Waals surface area contributed by atoms with Gasteiger partial charge in [-0.3, -0.25) is 4.79 Å². The first-order valence-electron chi connectivity index (χ1n) is 10.5. The van der Waals surface area contributed by atoms with Crippen molar-refractivity contribution in [1.82, 2.24) is 20.4 Å². The summed E-state index contributed by atoms with van der Waals surface area (Å²) in [4.78, 5) is 20.6. The predicted octanol–water partition coefficient (Wildman–Crippen LogP) is 3.10. The van der Waals surface area contributed by atoms with Gasteiger partial charge in [0.05, 0.1) is 6.54 Å². The molecule has 6 heteroatoms. The molecule has 0 aliphatic heterocycles. The van der Waals surface area contributed by atoms with Crippen molar-refractivity contribution >= 4 is 11.9 Å². The number of guanidine groups is 1. The van der Waals surface area contributed by atoms with Gasteiger partial charge in [-0.15, -0.1) is 0 Å². The van der Waals surface area contributed by atoms with Gasteiger partial charge in [0.15, 0.2) is 5.96 Å². The van der Waals surface area contributed by atoms with Gasteiger partial charge in [0.25, 0.3) is 5.91 Å². The molecule has 0 atom stereocenters.